The second kappa shape index (κ2) is 9.96. The summed E-state index contributed by atoms with van der Waals surface area (Å²) < 4.78 is 96.0. The average molecular weight is 583 g/mol. The standard InChI is InChI=1S/C25H23F5N6O3S/c1-34-23-17(21(33-34)16-11-18(25(28,29)30)20(27)22(37)19(16)26)12-31-24(32-23)36-9-8-35(40(2,38)39)13-15(36)10-14-6-4-3-5-7-14/h3-7,11-12,15,37H,8-10,13H2,1-2H3/t15-/m1/s1. The van der Waals surface area contributed by atoms with Crippen LogP contribution >= 0.6 is 0 Å². The van der Waals surface area contributed by atoms with Gasteiger partial charge in [0.2, 0.25) is 16.0 Å². The van der Waals surface area contributed by atoms with E-state index in [4.69, 9.17) is 0 Å². The molecule has 15 heteroatoms. The Morgan fingerprint density at radius 2 is 1.80 bits per heavy atom. The lowest BCUT2D eigenvalue weighted by Crippen LogP contribution is -2.56. The number of phenols is 1. The highest BCUT2D eigenvalue weighted by Gasteiger charge is 2.38. The molecule has 0 spiro atoms. The number of hydrogen-bond acceptors (Lipinski definition) is 7. The number of aryl methyl sites for hydroxylation is 1. The highest BCUT2D eigenvalue weighted by atomic mass is 32.2. The van der Waals surface area contributed by atoms with Crippen molar-refractivity contribution >= 4 is 27.0 Å². The summed E-state index contributed by atoms with van der Waals surface area (Å²) in [4.78, 5) is 10.7. The summed E-state index contributed by atoms with van der Waals surface area (Å²) in [6.07, 6.45) is -2.32. The third-order valence-corrected chi connectivity index (χ3v) is 8.06. The van der Waals surface area contributed by atoms with Gasteiger partial charge in [-0.1, -0.05) is 30.3 Å². The Kier molecular flexibility index (Phi) is 6.90. The fourth-order valence-electron chi connectivity index (χ4n) is 4.82. The minimum absolute atomic E-state index is 0.0682. The van der Waals surface area contributed by atoms with Crippen molar-refractivity contribution in [3.05, 3.63) is 65.4 Å². The maximum atomic E-state index is 14.8. The van der Waals surface area contributed by atoms with E-state index >= 15 is 0 Å². The Morgan fingerprint density at radius 1 is 1.10 bits per heavy atom. The molecular formula is C25H23F5N6O3S. The smallest absolute Gasteiger partial charge is 0.419 e. The maximum absolute atomic E-state index is 14.8. The molecule has 4 aromatic rings. The molecule has 1 saturated heterocycles. The van der Waals surface area contributed by atoms with Gasteiger partial charge < -0.3 is 10.0 Å². The van der Waals surface area contributed by atoms with Crippen LogP contribution < -0.4 is 4.90 Å². The Bertz CT molecular complexity index is 1700. The van der Waals surface area contributed by atoms with Crippen molar-refractivity contribution in [3.63, 3.8) is 0 Å². The fraction of sp³-hybridized carbons (Fsp3) is 0.320. The summed E-state index contributed by atoms with van der Waals surface area (Å²) in [6, 6.07) is 9.33. The maximum Gasteiger partial charge on any atom is 0.419 e. The lowest BCUT2D eigenvalue weighted by atomic mass is 10.0. The van der Waals surface area contributed by atoms with E-state index in [1.807, 2.05) is 35.2 Å². The number of nitrogens with zero attached hydrogens (tertiary/aromatic N) is 6. The minimum Gasteiger partial charge on any atom is -0.503 e. The number of aromatic nitrogens is 4. The molecular weight excluding hydrogens is 559 g/mol. The Labute approximate surface area is 225 Å². The van der Waals surface area contributed by atoms with Crippen LogP contribution in [0.5, 0.6) is 5.75 Å². The SMILES string of the molecule is Cn1nc(-c2cc(C(F)(F)F)c(F)c(O)c2F)c2cnc(N3CCN(S(C)(=O)=O)C[C@H]3Cc3ccccc3)nc21. The molecule has 0 saturated carbocycles. The molecule has 2 aromatic carbocycles. The molecule has 9 nitrogen and oxygen atoms in total. The number of halogens is 5. The van der Waals surface area contributed by atoms with Crippen LogP contribution in [0.15, 0.2) is 42.6 Å². The summed E-state index contributed by atoms with van der Waals surface area (Å²) in [7, 11) is -2.02. The van der Waals surface area contributed by atoms with E-state index in [9.17, 15) is 35.5 Å². The molecule has 1 atom stereocenters. The normalized spacial score (nSPS) is 17.1. The molecule has 40 heavy (non-hydrogen) atoms. The van der Waals surface area contributed by atoms with Crippen LogP contribution in [0, 0.1) is 11.6 Å². The van der Waals surface area contributed by atoms with Crippen molar-refractivity contribution in [2.45, 2.75) is 18.6 Å². The molecule has 1 N–H and O–H groups in total. The van der Waals surface area contributed by atoms with Crippen molar-refractivity contribution in [1.82, 2.24) is 24.1 Å². The predicted molar refractivity (Wildman–Crippen MR) is 136 cm³/mol. The van der Waals surface area contributed by atoms with E-state index in [2.05, 4.69) is 15.1 Å². The van der Waals surface area contributed by atoms with Gasteiger partial charge in [-0.2, -0.15) is 27.6 Å². The number of rotatable bonds is 5. The van der Waals surface area contributed by atoms with E-state index in [0.29, 0.717) is 6.42 Å². The van der Waals surface area contributed by atoms with Crippen molar-refractivity contribution in [1.29, 1.82) is 0 Å². The molecule has 1 aliphatic heterocycles. The summed E-state index contributed by atoms with van der Waals surface area (Å²) in [5.74, 6) is -5.28. The number of alkyl halides is 3. The molecule has 0 radical (unpaired) electrons. The van der Waals surface area contributed by atoms with Crippen molar-refractivity contribution in [2.24, 2.45) is 7.05 Å². The Hall–Kier alpha value is -3.85. The largest absolute Gasteiger partial charge is 0.503 e. The summed E-state index contributed by atoms with van der Waals surface area (Å²) >= 11 is 0. The number of hydrogen-bond donors (Lipinski definition) is 1. The third kappa shape index (κ3) is 5.06. The minimum atomic E-state index is -5.19. The molecule has 0 aliphatic carbocycles. The van der Waals surface area contributed by atoms with Gasteiger partial charge in [0.15, 0.2) is 23.0 Å². The van der Waals surface area contributed by atoms with Gasteiger partial charge in [-0.05, 0) is 18.1 Å². The lowest BCUT2D eigenvalue weighted by Gasteiger charge is -2.40. The Morgan fingerprint density at radius 3 is 2.45 bits per heavy atom. The fourth-order valence-corrected chi connectivity index (χ4v) is 5.68. The molecule has 5 rings (SSSR count). The topological polar surface area (TPSA) is 104 Å². The van der Waals surface area contributed by atoms with Gasteiger partial charge >= 0.3 is 6.18 Å². The molecule has 0 bridgehead atoms. The van der Waals surface area contributed by atoms with Crippen LogP contribution in [0.2, 0.25) is 0 Å². The van der Waals surface area contributed by atoms with E-state index < -0.39 is 44.7 Å². The number of anilines is 1. The van der Waals surface area contributed by atoms with Crippen LogP contribution in [0.3, 0.4) is 0 Å². The second-order valence-corrected chi connectivity index (χ2v) is 11.5. The summed E-state index contributed by atoms with van der Waals surface area (Å²) in [5.41, 5.74) is -1.82. The number of aromatic hydroxyl groups is 1. The first-order chi connectivity index (χ1) is 18.8. The van der Waals surface area contributed by atoms with Gasteiger partial charge in [0.05, 0.1) is 17.2 Å². The van der Waals surface area contributed by atoms with Crippen LogP contribution in [0.25, 0.3) is 22.3 Å². The zero-order valence-electron chi connectivity index (χ0n) is 21.2. The van der Waals surface area contributed by atoms with Crippen LogP contribution in [0.1, 0.15) is 11.1 Å². The molecule has 0 unspecified atom stereocenters. The lowest BCUT2D eigenvalue weighted by molar-refractivity contribution is -0.140. The summed E-state index contributed by atoms with van der Waals surface area (Å²) in [6.45, 7) is 0.616. The van der Waals surface area contributed by atoms with E-state index in [1.165, 1.54) is 22.2 Å². The first-order valence-electron chi connectivity index (χ1n) is 12.0. The quantitative estimate of drug-likeness (QED) is 0.358. The number of sulfonamides is 1. The van der Waals surface area contributed by atoms with Gasteiger partial charge in [0.1, 0.15) is 5.69 Å². The molecule has 0 amide bonds. The monoisotopic (exact) mass is 582 g/mol. The van der Waals surface area contributed by atoms with E-state index in [0.717, 1.165) is 11.8 Å². The van der Waals surface area contributed by atoms with Gasteiger partial charge in [0, 0.05) is 44.5 Å². The number of phenolic OH excluding ortho intramolecular Hbond substituents is 1. The van der Waals surface area contributed by atoms with E-state index in [1.54, 1.807) is 0 Å². The summed E-state index contributed by atoms with van der Waals surface area (Å²) in [5, 5.41) is 13.9. The zero-order valence-corrected chi connectivity index (χ0v) is 22.0. The van der Waals surface area contributed by atoms with Gasteiger partial charge in [0.25, 0.3) is 0 Å². The predicted octanol–water partition coefficient (Wildman–Crippen LogP) is 3.73. The molecule has 212 valence electrons. The molecule has 1 aliphatic rings. The zero-order chi connectivity index (χ0) is 29.0. The van der Waals surface area contributed by atoms with Crippen molar-refractivity contribution in [2.75, 3.05) is 30.8 Å². The Balaban J connectivity index is 1.57. The highest BCUT2D eigenvalue weighted by Crippen LogP contribution is 2.41. The van der Waals surface area contributed by atoms with Crippen molar-refractivity contribution in [3.8, 4) is 17.0 Å². The first kappa shape index (κ1) is 27.7. The van der Waals surface area contributed by atoms with Crippen molar-refractivity contribution < 1.29 is 35.5 Å². The third-order valence-electron chi connectivity index (χ3n) is 6.79. The molecule has 3 heterocycles. The van der Waals surface area contributed by atoms with Crippen LogP contribution in [-0.4, -0.2) is 69.5 Å². The first-order valence-corrected chi connectivity index (χ1v) is 13.8. The van der Waals surface area contributed by atoms with Gasteiger partial charge in [-0.3, -0.25) is 0 Å². The highest BCUT2D eigenvalue weighted by molar-refractivity contribution is 7.88. The number of piperazine rings is 1. The average Bonchev–Trinajstić information content (AvgIpc) is 3.22. The number of benzene rings is 2. The van der Waals surface area contributed by atoms with Crippen LogP contribution in [0.4, 0.5) is 27.9 Å². The van der Waals surface area contributed by atoms with Gasteiger partial charge in [-0.25, -0.2) is 26.9 Å². The second-order valence-electron chi connectivity index (χ2n) is 9.48. The van der Waals surface area contributed by atoms with E-state index in [-0.39, 0.29) is 54.4 Å². The number of fused-ring (bicyclic) bond motifs is 1. The van der Waals surface area contributed by atoms with Crippen LogP contribution in [-0.2, 0) is 29.7 Å². The van der Waals surface area contributed by atoms with Gasteiger partial charge in [-0.15, -0.1) is 0 Å². The molecule has 2 aromatic heterocycles. The molecule has 1 fully saturated rings.